The molecule has 1 saturated heterocycles. The highest BCUT2D eigenvalue weighted by molar-refractivity contribution is 6.30. The highest BCUT2D eigenvalue weighted by Crippen LogP contribution is 2.30. The molecule has 1 amide bonds. The number of ether oxygens (including phenoxy) is 1. The summed E-state index contributed by atoms with van der Waals surface area (Å²) in [4.78, 5) is 24.9. The van der Waals surface area contributed by atoms with E-state index < -0.39 is 23.2 Å². The van der Waals surface area contributed by atoms with Gasteiger partial charge in [0.1, 0.15) is 5.60 Å². The Morgan fingerprint density at radius 1 is 1.40 bits per heavy atom. The molecular weight excluding hydrogens is 344 g/mol. The number of halogens is 1. The minimum atomic E-state index is -0.908. The van der Waals surface area contributed by atoms with Crippen molar-refractivity contribution in [1.82, 2.24) is 10.2 Å². The number of amides is 1. The largest absolute Gasteiger partial charge is 0.481 e. The zero-order valence-corrected chi connectivity index (χ0v) is 15.8. The van der Waals surface area contributed by atoms with Crippen molar-refractivity contribution in [3.05, 3.63) is 34.9 Å². The summed E-state index contributed by atoms with van der Waals surface area (Å²) in [6.07, 6.45) is -0.497. The zero-order chi connectivity index (χ0) is 18.8. The topological polar surface area (TPSA) is 78.9 Å². The van der Waals surface area contributed by atoms with Gasteiger partial charge in [0.15, 0.2) is 0 Å². The van der Waals surface area contributed by atoms with Gasteiger partial charge in [0, 0.05) is 24.2 Å². The van der Waals surface area contributed by atoms with E-state index in [-0.39, 0.29) is 12.5 Å². The summed E-state index contributed by atoms with van der Waals surface area (Å²) in [5, 5.41) is 13.2. The predicted molar refractivity (Wildman–Crippen MR) is 95.8 cm³/mol. The van der Waals surface area contributed by atoms with Crippen molar-refractivity contribution in [3.63, 3.8) is 0 Å². The molecule has 0 saturated carbocycles. The minimum absolute atomic E-state index is 0.0722. The molecule has 1 fully saturated rings. The molecule has 25 heavy (non-hydrogen) atoms. The van der Waals surface area contributed by atoms with Gasteiger partial charge in [-0.3, -0.25) is 4.79 Å². The first-order chi connectivity index (χ1) is 11.5. The van der Waals surface area contributed by atoms with Gasteiger partial charge in [-0.2, -0.15) is 0 Å². The van der Waals surface area contributed by atoms with Crippen LogP contribution < -0.4 is 5.32 Å². The van der Waals surface area contributed by atoms with Crippen LogP contribution in [0.3, 0.4) is 0 Å². The van der Waals surface area contributed by atoms with E-state index in [4.69, 9.17) is 16.3 Å². The molecule has 1 aromatic carbocycles. The monoisotopic (exact) mass is 368 g/mol. The number of carbonyl (C=O) groups is 2. The number of hydrogen-bond acceptors (Lipinski definition) is 4. The first-order valence-electron chi connectivity index (χ1n) is 8.23. The molecule has 0 unspecified atom stereocenters. The molecule has 0 aromatic heterocycles. The Labute approximate surface area is 153 Å². The smallest absolute Gasteiger partial charge is 0.410 e. The Morgan fingerprint density at radius 3 is 2.56 bits per heavy atom. The van der Waals surface area contributed by atoms with Crippen LogP contribution in [-0.4, -0.2) is 46.3 Å². The summed E-state index contributed by atoms with van der Waals surface area (Å²) in [7, 11) is 0. The van der Waals surface area contributed by atoms with Crippen molar-refractivity contribution in [2.45, 2.75) is 51.3 Å². The van der Waals surface area contributed by atoms with Gasteiger partial charge in [-0.25, -0.2) is 4.79 Å². The molecule has 1 aliphatic rings. The quantitative estimate of drug-likeness (QED) is 0.832. The molecule has 1 atom stereocenters. The number of carboxylic acids is 1. The summed E-state index contributed by atoms with van der Waals surface area (Å²) in [6, 6.07) is 7.32. The van der Waals surface area contributed by atoms with Gasteiger partial charge in [-0.05, 0) is 45.4 Å². The maximum atomic E-state index is 12.1. The summed E-state index contributed by atoms with van der Waals surface area (Å²) in [5.74, 6) is -0.908. The van der Waals surface area contributed by atoms with Crippen LogP contribution in [0.4, 0.5) is 4.79 Å². The van der Waals surface area contributed by atoms with Crippen LogP contribution in [0.2, 0.25) is 5.02 Å². The lowest BCUT2D eigenvalue weighted by Crippen LogP contribution is -2.71. The third kappa shape index (κ3) is 5.34. The molecule has 0 spiro atoms. The van der Waals surface area contributed by atoms with Crippen LogP contribution in [0.1, 0.15) is 45.7 Å². The average molecular weight is 369 g/mol. The molecule has 0 radical (unpaired) electrons. The molecule has 7 heteroatoms. The number of hydrogen-bond donors (Lipinski definition) is 2. The lowest BCUT2D eigenvalue weighted by atomic mass is 9.85. The SMILES string of the molecule is C[C@H](NC1(CC(=O)O)CN(C(=O)OC(C)(C)C)C1)c1cccc(Cl)c1. The average Bonchev–Trinajstić information content (AvgIpc) is 2.41. The lowest BCUT2D eigenvalue weighted by molar-refractivity contribution is -0.141. The number of aliphatic carboxylic acids is 1. The van der Waals surface area contributed by atoms with Crippen molar-refractivity contribution < 1.29 is 19.4 Å². The fourth-order valence-corrected chi connectivity index (χ4v) is 3.20. The van der Waals surface area contributed by atoms with Crippen LogP contribution in [-0.2, 0) is 9.53 Å². The van der Waals surface area contributed by atoms with Gasteiger partial charge in [0.05, 0.1) is 12.0 Å². The van der Waals surface area contributed by atoms with Gasteiger partial charge in [-0.15, -0.1) is 0 Å². The van der Waals surface area contributed by atoms with Crippen LogP contribution >= 0.6 is 11.6 Å². The molecule has 1 aromatic rings. The highest BCUT2D eigenvalue weighted by atomic mass is 35.5. The van der Waals surface area contributed by atoms with Crippen LogP contribution in [0, 0.1) is 0 Å². The van der Waals surface area contributed by atoms with Crippen molar-refractivity contribution in [2.75, 3.05) is 13.1 Å². The van der Waals surface area contributed by atoms with Crippen LogP contribution in [0.5, 0.6) is 0 Å². The van der Waals surface area contributed by atoms with Crippen LogP contribution in [0.25, 0.3) is 0 Å². The van der Waals surface area contributed by atoms with Crippen molar-refractivity contribution in [3.8, 4) is 0 Å². The molecule has 6 nitrogen and oxygen atoms in total. The molecule has 2 rings (SSSR count). The maximum absolute atomic E-state index is 12.1. The van der Waals surface area contributed by atoms with Gasteiger partial charge < -0.3 is 20.1 Å². The van der Waals surface area contributed by atoms with E-state index in [1.54, 1.807) is 26.8 Å². The van der Waals surface area contributed by atoms with Crippen LogP contribution in [0.15, 0.2) is 24.3 Å². The van der Waals surface area contributed by atoms with E-state index in [1.807, 2.05) is 25.1 Å². The van der Waals surface area contributed by atoms with Gasteiger partial charge >= 0.3 is 12.1 Å². The second-order valence-corrected chi connectivity index (χ2v) is 8.04. The van der Waals surface area contributed by atoms with E-state index in [0.717, 1.165) is 5.56 Å². The second-order valence-electron chi connectivity index (χ2n) is 7.61. The number of nitrogens with zero attached hydrogens (tertiary/aromatic N) is 1. The number of carbonyl (C=O) groups excluding carboxylic acids is 1. The van der Waals surface area contributed by atoms with Gasteiger partial charge in [0.25, 0.3) is 0 Å². The Kier molecular flexibility index (Phi) is 5.64. The predicted octanol–water partition coefficient (Wildman–Crippen LogP) is 3.45. The Balaban J connectivity index is 2.05. The van der Waals surface area contributed by atoms with E-state index >= 15 is 0 Å². The van der Waals surface area contributed by atoms with E-state index in [2.05, 4.69) is 5.32 Å². The summed E-state index contributed by atoms with van der Waals surface area (Å²) in [6.45, 7) is 7.93. The third-order valence-electron chi connectivity index (χ3n) is 4.00. The summed E-state index contributed by atoms with van der Waals surface area (Å²) >= 11 is 6.03. The second kappa shape index (κ2) is 7.22. The molecule has 0 aliphatic carbocycles. The van der Waals surface area contributed by atoms with Crippen molar-refractivity contribution in [1.29, 1.82) is 0 Å². The Hall–Kier alpha value is -1.79. The standard InChI is InChI=1S/C18H25ClN2O4/c1-12(13-6-5-7-14(19)8-13)20-18(9-15(22)23)10-21(11-18)16(24)25-17(2,3)4/h5-8,12,20H,9-11H2,1-4H3,(H,22,23)/t12-/m0/s1. The minimum Gasteiger partial charge on any atom is -0.481 e. The normalized spacial score (nSPS) is 17.6. The molecule has 0 bridgehead atoms. The highest BCUT2D eigenvalue weighted by Gasteiger charge is 2.48. The van der Waals surface area contributed by atoms with E-state index in [9.17, 15) is 14.7 Å². The summed E-state index contributed by atoms with van der Waals surface area (Å²) < 4.78 is 5.34. The zero-order valence-electron chi connectivity index (χ0n) is 15.0. The fourth-order valence-electron chi connectivity index (χ4n) is 3.00. The number of likely N-dealkylation sites (tertiary alicyclic amines) is 1. The van der Waals surface area contributed by atoms with Gasteiger partial charge in [-0.1, -0.05) is 23.7 Å². The summed E-state index contributed by atoms with van der Waals surface area (Å²) in [5.41, 5.74) is -0.290. The fraction of sp³-hybridized carbons (Fsp3) is 0.556. The van der Waals surface area contributed by atoms with Crippen molar-refractivity contribution in [2.24, 2.45) is 0 Å². The first-order valence-corrected chi connectivity index (χ1v) is 8.60. The number of nitrogens with one attached hydrogen (secondary N) is 1. The van der Waals surface area contributed by atoms with E-state index in [1.165, 1.54) is 4.90 Å². The third-order valence-corrected chi connectivity index (χ3v) is 4.23. The van der Waals surface area contributed by atoms with Crippen molar-refractivity contribution >= 4 is 23.7 Å². The molecule has 138 valence electrons. The molecule has 2 N–H and O–H groups in total. The molecule has 1 aliphatic heterocycles. The molecule has 1 heterocycles. The lowest BCUT2D eigenvalue weighted by Gasteiger charge is -2.51. The number of rotatable bonds is 5. The maximum Gasteiger partial charge on any atom is 0.410 e. The number of benzene rings is 1. The molecular formula is C18H25ClN2O4. The van der Waals surface area contributed by atoms with E-state index in [0.29, 0.717) is 18.1 Å². The first kappa shape index (κ1) is 19.5. The van der Waals surface area contributed by atoms with Gasteiger partial charge in [0.2, 0.25) is 0 Å². The Morgan fingerprint density at radius 2 is 2.04 bits per heavy atom. The number of carboxylic acid groups (broad SMARTS) is 1. The Bertz CT molecular complexity index is 651.